The maximum absolute atomic E-state index is 12.0. The summed E-state index contributed by atoms with van der Waals surface area (Å²) in [6.07, 6.45) is 0. The van der Waals surface area contributed by atoms with E-state index in [0.29, 0.717) is 22.6 Å². The van der Waals surface area contributed by atoms with Crippen molar-refractivity contribution in [3.8, 4) is 6.07 Å². The number of para-hydroxylation sites is 1. The van der Waals surface area contributed by atoms with E-state index in [9.17, 15) is 4.79 Å². The molecule has 90 valence electrons. The van der Waals surface area contributed by atoms with Crippen LogP contribution >= 0.6 is 0 Å². The second-order valence-corrected chi connectivity index (χ2v) is 3.82. The van der Waals surface area contributed by atoms with Crippen LogP contribution in [0.25, 0.3) is 0 Å². The van der Waals surface area contributed by atoms with E-state index in [2.05, 4.69) is 10.5 Å². The van der Waals surface area contributed by atoms with Gasteiger partial charge < -0.3 is 9.84 Å². The van der Waals surface area contributed by atoms with E-state index < -0.39 is 0 Å². The number of nitrogens with one attached hydrogen (secondary N) is 1. The van der Waals surface area contributed by atoms with Crippen LogP contribution in [-0.2, 0) is 0 Å². The number of benzene rings is 1. The van der Waals surface area contributed by atoms with Crippen molar-refractivity contribution in [2.75, 3.05) is 5.32 Å². The highest BCUT2D eigenvalue weighted by Crippen LogP contribution is 2.17. The molecule has 0 bridgehead atoms. The first-order valence-corrected chi connectivity index (χ1v) is 5.37. The normalized spacial score (nSPS) is 9.83. The molecule has 2 aromatic rings. The Kier molecular flexibility index (Phi) is 3.11. The molecule has 0 aliphatic heterocycles. The first-order valence-electron chi connectivity index (χ1n) is 5.37. The van der Waals surface area contributed by atoms with Crippen molar-refractivity contribution < 1.29 is 9.32 Å². The molecule has 1 N–H and O–H groups in total. The van der Waals surface area contributed by atoms with Crippen LogP contribution in [0.15, 0.2) is 28.8 Å². The Hall–Kier alpha value is -2.61. The molecule has 1 heterocycles. The van der Waals surface area contributed by atoms with Crippen LogP contribution < -0.4 is 5.32 Å². The van der Waals surface area contributed by atoms with Crippen LogP contribution in [0.1, 0.15) is 27.4 Å². The highest BCUT2D eigenvalue weighted by atomic mass is 16.5. The quantitative estimate of drug-likeness (QED) is 0.875. The largest absolute Gasteiger partial charge is 0.361 e. The molecule has 0 saturated carbocycles. The van der Waals surface area contributed by atoms with Crippen molar-refractivity contribution in [2.45, 2.75) is 13.8 Å². The zero-order valence-corrected chi connectivity index (χ0v) is 10.0. The summed E-state index contributed by atoms with van der Waals surface area (Å²) in [5.41, 5.74) is 1.80. The van der Waals surface area contributed by atoms with Gasteiger partial charge in [-0.25, -0.2) is 0 Å². The van der Waals surface area contributed by atoms with Crippen molar-refractivity contribution >= 4 is 11.6 Å². The first kappa shape index (κ1) is 11.9. The van der Waals surface area contributed by atoms with Crippen LogP contribution in [-0.4, -0.2) is 11.1 Å². The van der Waals surface area contributed by atoms with Gasteiger partial charge in [0.15, 0.2) is 5.69 Å². The molecule has 5 heteroatoms. The van der Waals surface area contributed by atoms with E-state index in [1.807, 2.05) is 6.07 Å². The molecule has 2 rings (SSSR count). The van der Waals surface area contributed by atoms with Crippen molar-refractivity contribution in [2.24, 2.45) is 0 Å². The topological polar surface area (TPSA) is 78.9 Å². The fourth-order valence-electron chi connectivity index (χ4n) is 1.50. The highest BCUT2D eigenvalue weighted by molar-refractivity contribution is 6.04. The summed E-state index contributed by atoms with van der Waals surface area (Å²) in [5, 5.41) is 15.3. The summed E-state index contributed by atoms with van der Waals surface area (Å²) >= 11 is 0. The van der Waals surface area contributed by atoms with Crippen LogP contribution in [0.5, 0.6) is 0 Å². The van der Waals surface area contributed by atoms with Crippen LogP contribution in [0.4, 0.5) is 5.69 Å². The number of carbonyl (C=O) groups excluding carboxylic acids is 1. The Balaban J connectivity index is 2.28. The SMILES string of the molecule is Cc1onc(C(=O)Nc2ccccc2C#N)c1C. The average Bonchev–Trinajstić information content (AvgIpc) is 2.71. The van der Waals surface area contributed by atoms with E-state index in [-0.39, 0.29) is 11.6 Å². The Bertz CT molecular complexity index is 638. The maximum atomic E-state index is 12.0. The Morgan fingerprint density at radius 1 is 1.39 bits per heavy atom. The third kappa shape index (κ3) is 2.09. The molecule has 1 aromatic carbocycles. The lowest BCUT2D eigenvalue weighted by atomic mass is 10.1. The molecule has 0 radical (unpaired) electrons. The summed E-state index contributed by atoms with van der Waals surface area (Å²) in [6.45, 7) is 3.50. The third-order valence-corrected chi connectivity index (χ3v) is 2.67. The molecular formula is C13H11N3O2. The molecule has 0 saturated heterocycles. The fraction of sp³-hybridized carbons (Fsp3) is 0.154. The number of hydrogen-bond acceptors (Lipinski definition) is 4. The Morgan fingerprint density at radius 2 is 2.11 bits per heavy atom. The minimum atomic E-state index is -0.382. The molecule has 0 spiro atoms. The Morgan fingerprint density at radius 3 is 2.72 bits per heavy atom. The van der Waals surface area contributed by atoms with E-state index >= 15 is 0 Å². The van der Waals surface area contributed by atoms with Crippen molar-refractivity contribution in [1.82, 2.24) is 5.16 Å². The van der Waals surface area contributed by atoms with Crippen LogP contribution in [0.3, 0.4) is 0 Å². The molecule has 5 nitrogen and oxygen atoms in total. The summed E-state index contributed by atoms with van der Waals surface area (Å²) in [7, 11) is 0. The zero-order valence-electron chi connectivity index (χ0n) is 10.0. The number of amides is 1. The number of carbonyl (C=O) groups is 1. The van der Waals surface area contributed by atoms with Crippen molar-refractivity contribution in [1.29, 1.82) is 5.26 Å². The van der Waals surface area contributed by atoms with Gasteiger partial charge in [0.25, 0.3) is 5.91 Å². The van der Waals surface area contributed by atoms with E-state index in [4.69, 9.17) is 9.78 Å². The summed E-state index contributed by atoms with van der Waals surface area (Å²) in [6, 6.07) is 8.80. The summed E-state index contributed by atoms with van der Waals surface area (Å²) < 4.78 is 4.93. The lowest BCUT2D eigenvalue weighted by Crippen LogP contribution is -2.14. The zero-order chi connectivity index (χ0) is 13.1. The van der Waals surface area contributed by atoms with Gasteiger partial charge in [-0.15, -0.1) is 0 Å². The van der Waals surface area contributed by atoms with Gasteiger partial charge in [-0.3, -0.25) is 4.79 Å². The van der Waals surface area contributed by atoms with Gasteiger partial charge in [0.05, 0.1) is 11.3 Å². The van der Waals surface area contributed by atoms with Gasteiger partial charge in [0.2, 0.25) is 0 Å². The second kappa shape index (κ2) is 4.72. The smallest absolute Gasteiger partial charge is 0.278 e. The van der Waals surface area contributed by atoms with E-state index in [0.717, 1.165) is 0 Å². The monoisotopic (exact) mass is 241 g/mol. The molecule has 0 unspecified atom stereocenters. The van der Waals surface area contributed by atoms with Crippen molar-refractivity contribution in [3.05, 3.63) is 46.8 Å². The van der Waals surface area contributed by atoms with Crippen LogP contribution in [0, 0.1) is 25.2 Å². The highest BCUT2D eigenvalue weighted by Gasteiger charge is 2.17. The number of anilines is 1. The van der Waals surface area contributed by atoms with E-state index in [1.54, 1.807) is 38.1 Å². The van der Waals surface area contributed by atoms with Gasteiger partial charge in [0, 0.05) is 5.56 Å². The summed E-state index contributed by atoms with van der Waals surface area (Å²) in [5.74, 6) is 0.223. The predicted octanol–water partition coefficient (Wildman–Crippen LogP) is 2.42. The third-order valence-electron chi connectivity index (χ3n) is 2.67. The lowest BCUT2D eigenvalue weighted by Gasteiger charge is -2.04. The number of nitriles is 1. The fourth-order valence-corrected chi connectivity index (χ4v) is 1.50. The first-order chi connectivity index (χ1) is 8.63. The van der Waals surface area contributed by atoms with Gasteiger partial charge in [-0.1, -0.05) is 17.3 Å². The van der Waals surface area contributed by atoms with Crippen molar-refractivity contribution in [3.63, 3.8) is 0 Å². The van der Waals surface area contributed by atoms with Gasteiger partial charge >= 0.3 is 0 Å². The van der Waals surface area contributed by atoms with Gasteiger partial charge in [-0.2, -0.15) is 5.26 Å². The standard InChI is InChI=1S/C13H11N3O2/c1-8-9(2)18-16-12(8)13(17)15-11-6-4-3-5-10(11)7-14/h3-6H,1-2H3,(H,15,17). The number of aromatic nitrogens is 1. The number of aryl methyl sites for hydroxylation is 1. The Labute approximate surface area is 104 Å². The van der Waals surface area contributed by atoms with Crippen LogP contribution in [0.2, 0.25) is 0 Å². The molecule has 0 fully saturated rings. The minimum Gasteiger partial charge on any atom is -0.361 e. The molecule has 18 heavy (non-hydrogen) atoms. The maximum Gasteiger partial charge on any atom is 0.278 e. The van der Waals surface area contributed by atoms with Gasteiger partial charge in [-0.05, 0) is 26.0 Å². The lowest BCUT2D eigenvalue weighted by molar-refractivity contribution is 0.101. The number of rotatable bonds is 2. The molecule has 0 atom stereocenters. The average molecular weight is 241 g/mol. The van der Waals surface area contributed by atoms with Gasteiger partial charge in [0.1, 0.15) is 11.8 Å². The predicted molar refractivity (Wildman–Crippen MR) is 65.1 cm³/mol. The second-order valence-electron chi connectivity index (χ2n) is 3.82. The molecule has 1 aromatic heterocycles. The minimum absolute atomic E-state index is 0.236. The molecular weight excluding hydrogens is 230 g/mol. The molecule has 0 aliphatic rings. The number of hydrogen-bond donors (Lipinski definition) is 1. The molecule has 1 amide bonds. The summed E-state index contributed by atoms with van der Waals surface area (Å²) in [4.78, 5) is 12.0. The molecule has 0 aliphatic carbocycles. The van der Waals surface area contributed by atoms with E-state index in [1.165, 1.54) is 0 Å². The number of nitrogens with zero attached hydrogens (tertiary/aromatic N) is 2.